The van der Waals surface area contributed by atoms with Gasteiger partial charge >= 0.3 is 33.6 Å². The first kappa shape index (κ1) is 89.2. The van der Waals surface area contributed by atoms with E-state index in [1.807, 2.05) is 0 Å². The van der Waals surface area contributed by atoms with E-state index in [0.29, 0.717) is 19.3 Å². The molecule has 0 aromatic rings. The summed E-state index contributed by atoms with van der Waals surface area (Å²) < 4.78 is 61.0. The summed E-state index contributed by atoms with van der Waals surface area (Å²) in [7, 11) is -9.78. The van der Waals surface area contributed by atoms with Crippen LogP contribution in [-0.4, -0.2) is 95.9 Å². The molecule has 0 aliphatic carbocycles. The van der Waals surface area contributed by atoms with Gasteiger partial charge in [0, 0.05) is 19.3 Å². The first-order chi connectivity index (χ1) is 45.2. The molecule has 0 amide bonds. The molecule has 18 heteroatoms. The van der Waals surface area contributed by atoms with Crippen LogP contribution < -0.4 is 0 Å². The average molecular weight is 1350 g/mol. The van der Waals surface area contributed by atoms with Gasteiger partial charge in [-0.25, -0.2) is 9.13 Å². The largest absolute Gasteiger partial charge is 0.472 e. The Kier molecular flexibility index (Phi) is 65.4. The van der Waals surface area contributed by atoms with Crippen molar-refractivity contribution in [2.75, 3.05) is 39.6 Å². The summed E-state index contributed by atoms with van der Waals surface area (Å²) in [4.78, 5) is 58.4. The number of aliphatic hydroxyl groups is 2. The number of aliphatic hydroxyl groups excluding tert-OH is 2. The van der Waals surface area contributed by atoms with E-state index >= 15 is 0 Å². The van der Waals surface area contributed by atoms with E-state index in [0.717, 1.165) is 148 Å². The quantitative estimate of drug-likeness (QED) is 0.0146. The van der Waals surface area contributed by atoms with Crippen molar-refractivity contribution >= 4 is 33.6 Å². The molecule has 536 valence electrons. The van der Waals surface area contributed by atoms with Gasteiger partial charge in [0.25, 0.3) is 0 Å². The zero-order valence-electron chi connectivity index (χ0n) is 58.1. The molecule has 4 N–H and O–H groups in total. The van der Waals surface area contributed by atoms with E-state index in [1.165, 1.54) is 83.5 Å². The number of rotatable bonds is 68. The van der Waals surface area contributed by atoms with Crippen LogP contribution in [0.15, 0.2) is 109 Å². The minimum atomic E-state index is -4.93. The van der Waals surface area contributed by atoms with Crippen LogP contribution in [0.1, 0.15) is 290 Å². The van der Waals surface area contributed by atoms with Crippen LogP contribution in [0.25, 0.3) is 0 Å². The van der Waals surface area contributed by atoms with E-state index in [-0.39, 0.29) is 19.3 Å². The molecule has 0 saturated carbocycles. The van der Waals surface area contributed by atoms with Gasteiger partial charge in [0.2, 0.25) is 0 Å². The molecule has 16 nitrogen and oxygen atoms in total. The Labute approximate surface area is 564 Å². The van der Waals surface area contributed by atoms with Crippen LogP contribution >= 0.6 is 15.6 Å². The van der Waals surface area contributed by atoms with Gasteiger partial charge < -0.3 is 34.2 Å². The maximum absolute atomic E-state index is 12.9. The lowest BCUT2D eigenvalue weighted by molar-refractivity contribution is -0.161. The molecule has 0 heterocycles. The van der Waals surface area contributed by atoms with Crippen molar-refractivity contribution in [2.45, 2.75) is 309 Å². The molecule has 0 fully saturated rings. The minimum Gasteiger partial charge on any atom is -0.463 e. The molecule has 0 aromatic carbocycles. The zero-order chi connectivity index (χ0) is 68.1. The summed E-state index contributed by atoms with van der Waals surface area (Å²) in [6, 6.07) is 0. The van der Waals surface area contributed by atoms with E-state index in [4.69, 9.17) is 32.3 Å². The van der Waals surface area contributed by atoms with Gasteiger partial charge in [0.05, 0.1) is 26.4 Å². The highest BCUT2D eigenvalue weighted by atomic mass is 31.2. The summed E-state index contributed by atoms with van der Waals surface area (Å²) in [6.07, 6.45) is 77.1. The van der Waals surface area contributed by atoms with E-state index < -0.39 is 91.5 Å². The minimum absolute atomic E-state index is 0.103. The Morgan fingerprint density at radius 3 is 0.903 bits per heavy atom. The Hall–Kier alpha value is -3.79. The van der Waals surface area contributed by atoms with Crippen LogP contribution in [0.2, 0.25) is 0 Å². The Balaban J connectivity index is 4.54. The highest BCUT2D eigenvalue weighted by molar-refractivity contribution is 7.47. The van der Waals surface area contributed by atoms with Crippen molar-refractivity contribution in [1.29, 1.82) is 0 Å². The fourth-order valence-electron chi connectivity index (χ4n) is 9.53. The lowest BCUT2D eigenvalue weighted by Crippen LogP contribution is -2.30. The second-order valence-electron chi connectivity index (χ2n) is 24.0. The Morgan fingerprint density at radius 1 is 0.312 bits per heavy atom. The number of hydrogen-bond donors (Lipinski definition) is 4. The molecule has 0 spiro atoms. The first-order valence-electron chi connectivity index (χ1n) is 36.2. The van der Waals surface area contributed by atoms with Crippen LogP contribution in [0.5, 0.6) is 0 Å². The summed E-state index contributed by atoms with van der Waals surface area (Å²) in [6.45, 7) is 2.43. The van der Waals surface area contributed by atoms with Gasteiger partial charge in [-0.2, -0.15) is 0 Å². The monoisotopic (exact) mass is 1350 g/mol. The van der Waals surface area contributed by atoms with Gasteiger partial charge in [-0.3, -0.25) is 32.5 Å². The third-order valence-corrected chi connectivity index (χ3v) is 16.9. The molecular weight excluding hydrogens is 1220 g/mol. The van der Waals surface area contributed by atoms with Gasteiger partial charge in [-0.15, -0.1) is 0 Å². The van der Waals surface area contributed by atoms with Crippen molar-refractivity contribution in [3.8, 4) is 0 Å². The van der Waals surface area contributed by atoms with Gasteiger partial charge in [0.1, 0.15) is 25.4 Å². The number of carbonyl (C=O) groups excluding carboxylic acids is 3. The average Bonchev–Trinajstić information content (AvgIpc) is 3.71. The third-order valence-electron chi connectivity index (χ3n) is 15.0. The van der Waals surface area contributed by atoms with Crippen LogP contribution in [0.3, 0.4) is 0 Å². The fourth-order valence-corrected chi connectivity index (χ4v) is 11.1. The number of ether oxygens (including phenoxy) is 3. The van der Waals surface area contributed by atoms with Crippen molar-refractivity contribution in [2.24, 2.45) is 0 Å². The molecule has 0 aliphatic rings. The fraction of sp³-hybridized carbons (Fsp3) is 0.720. The summed E-state index contributed by atoms with van der Waals surface area (Å²) in [5.74, 6) is -1.59. The molecule has 0 rings (SSSR count). The van der Waals surface area contributed by atoms with Crippen molar-refractivity contribution < 1.29 is 75.8 Å². The Morgan fingerprint density at radius 2 is 0.570 bits per heavy atom. The number of phosphoric ester groups is 2. The highest BCUT2D eigenvalue weighted by Crippen LogP contribution is 2.45. The summed E-state index contributed by atoms with van der Waals surface area (Å²) in [5.41, 5.74) is 0. The molecule has 0 radical (unpaired) electrons. The highest BCUT2D eigenvalue weighted by Gasteiger charge is 2.29. The number of esters is 3. The normalized spacial score (nSPS) is 14.8. The summed E-state index contributed by atoms with van der Waals surface area (Å²) >= 11 is 0. The first-order valence-corrected chi connectivity index (χ1v) is 39.2. The summed E-state index contributed by atoms with van der Waals surface area (Å²) in [5, 5.41) is 20.6. The van der Waals surface area contributed by atoms with Crippen LogP contribution in [0, 0.1) is 0 Å². The number of unbranched alkanes of at least 4 members (excludes halogenated alkanes) is 27. The predicted molar refractivity (Wildman–Crippen MR) is 380 cm³/mol. The Bertz CT molecular complexity index is 2130. The number of phosphoric acid groups is 2. The van der Waals surface area contributed by atoms with Crippen molar-refractivity contribution in [1.82, 2.24) is 0 Å². The standard InChI is InChI=1S/C75H130O16P2/c1-4-7-10-13-16-19-22-25-28-29-30-31-32-33-34-35-36-37-38-39-42-44-46-49-52-55-58-61-73(78)85-64-70(76)65-87-92(81,82)88-66-71(77)67-89-93(83,84)90-69-72(91-75(80)63-60-57-54-51-48-45-41-27-24-21-18-15-12-9-6-3)68-86-74(79)62-59-56-53-50-47-43-40-26-23-20-17-14-11-8-5-2/h7-8,10-11,16-17,19-20,25-26,28,30-31,33-34,36-37,40,70-72,76-77H,4-6,9,12-15,18,21-24,27,29,32,35,38-39,41-69H2,1-3H3,(H,81,82)(H,83,84)/b10-7-,11-8-,19-16-,20-17-,28-25-,31-30-,34-33-,37-36-,40-26-. The van der Waals surface area contributed by atoms with Crippen LogP contribution in [-0.2, 0) is 55.8 Å². The molecule has 0 saturated heterocycles. The van der Waals surface area contributed by atoms with Gasteiger partial charge in [-0.05, 0) is 103 Å². The molecule has 93 heavy (non-hydrogen) atoms. The predicted octanol–water partition coefficient (Wildman–Crippen LogP) is 20.4. The molecule has 0 aliphatic heterocycles. The SMILES string of the molecule is CC/C=C\C/C=C\C/C=C\C/C=C\C/C=C\C/C=C\CCCCCCCCCCC(=O)OCC(O)COP(=O)(O)OCC(O)COP(=O)(O)OCC(COC(=O)CCCCCCC/C=C\C/C=C\C/C=C\CC)OC(=O)CCCCCCCCCCCCCCCCC. The molecule has 0 aromatic heterocycles. The lowest BCUT2D eigenvalue weighted by Gasteiger charge is -2.21. The van der Waals surface area contributed by atoms with E-state index in [1.54, 1.807) is 0 Å². The lowest BCUT2D eigenvalue weighted by atomic mass is 10.0. The zero-order valence-corrected chi connectivity index (χ0v) is 59.9. The van der Waals surface area contributed by atoms with Crippen molar-refractivity contribution in [3.05, 3.63) is 109 Å². The number of hydrogen-bond acceptors (Lipinski definition) is 14. The van der Waals surface area contributed by atoms with Crippen molar-refractivity contribution in [3.63, 3.8) is 0 Å². The van der Waals surface area contributed by atoms with Gasteiger partial charge in [0.15, 0.2) is 6.10 Å². The number of allylic oxidation sites excluding steroid dienone is 18. The number of carbonyl (C=O) groups is 3. The third kappa shape index (κ3) is 69.4. The van der Waals surface area contributed by atoms with E-state index in [9.17, 15) is 43.5 Å². The molecule has 0 bridgehead atoms. The molecule has 5 unspecified atom stereocenters. The van der Waals surface area contributed by atoms with E-state index in [2.05, 4.69) is 130 Å². The molecular formula is C75H130O16P2. The maximum Gasteiger partial charge on any atom is 0.472 e. The maximum atomic E-state index is 12.9. The van der Waals surface area contributed by atoms with Gasteiger partial charge in [-0.1, -0.05) is 278 Å². The topological polar surface area (TPSA) is 231 Å². The molecule has 5 atom stereocenters. The second-order valence-corrected chi connectivity index (χ2v) is 26.9. The second kappa shape index (κ2) is 68.2. The smallest absolute Gasteiger partial charge is 0.463 e. The van der Waals surface area contributed by atoms with Crippen LogP contribution in [0.4, 0.5) is 0 Å².